The van der Waals surface area contributed by atoms with Crippen molar-refractivity contribution in [3.63, 3.8) is 0 Å². The van der Waals surface area contributed by atoms with E-state index in [1.807, 2.05) is 12.1 Å². The lowest BCUT2D eigenvalue weighted by Gasteiger charge is -2.15. The van der Waals surface area contributed by atoms with Crippen molar-refractivity contribution in [2.45, 2.75) is 18.8 Å². The monoisotopic (exact) mass is 292 g/mol. The average molecular weight is 293 g/mol. The summed E-state index contributed by atoms with van der Waals surface area (Å²) in [5.41, 5.74) is 1.83. The molecule has 104 valence electrons. The average Bonchev–Trinajstić information content (AvgIpc) is 2.41. The van der Waals surface area contributed by atoms with Crippen LogP contribution in [0.15, 0.2) is 48.5 Å². The van der Waals surface area contributed by atoms with Gasteiger partial charge in [-0.25, -0.2) is 4.39 Å². The third-order valence-electron chi connectivity index (χ3n) is 3.16. The molecule has 2 nitrogen and oxygen atoms in total. The lowest BCUT2D eigenvalue weighted by Crippen LogP contribution is -2.09. The summed E-state index contributed by atoms with van der Waals surface area (Å²) in [4.78, 5) is 11.0. The second-order valence-electron chi connectivity index (χ2n) is 4.68. The predicted molar refractivity (Wildman–Crippen MR) is 76.5 cm³/mol. The highest BCUT2D eigenvalue weighted by Crippen LogP contribution is 2.26. The van der Waals surface area contributed by atoms with E-state index in [1.165, 1.54) is 12.1 Å². The van der Waals surface area contributed by atoms with Crippen molar-refractivity contribution in [2.24, 2.45) is 0 Å². The summed E-state index contributed by atoms with van der Waals surface area (Å²) in [6.07, 6.45) is 0.577. The van der Waals surface area contributed by atoms with E-state index in [0.717, 1.165) is 11.1 Å². The molecule has 0 aromatic heterocycles. The molecular weight excluding hydrogens is 279 g/mol. The highest BCUT2D eigenvalue weighted by molar-refractivity contribution is 6.30. The minimum atomic E-state index is -0.855. The Morgan fingerprint density at radius 3 is 2.25 bits per heavy atom. The number of hydrogen-bond acceptors (Lipinski definition) is 1. The lowest BCUT2D eigenvalue weighted by atomic mass is 9.89. The Morgan fingerprint density at radius 2 is 1.70 bits per heavy atom. The minimum Gasteiger partial charge on any atom is -0.481 e. The van der Waals surface area contributed by atoms with Crippen molar-refractivity contribution in [3.05, 3.63) is 70.5 Å². The van der Waals surface area contributed by atoms with E-state index in [4.69, 9.17) is 16.7 Å². The van der Waals surface area contributed by atoms with Gasteiger partial charge in [0.25, 0.3) is 0 Å². The maximum Gasteiger partial charge on any atom is 0.303 e. The van der Waals surface area contributed by atoms with Crippen molar-refractivity contribution >= 4 is 17.6 Å². The fourth-order valence-corrected chi connectivity index (χ4v) is 2.28. The molecule has 2 aromatic rings. The Hall–Kier alpha value is -1.87. The van der Waals surface area contributed by atoms with Crippen molar-refractivity contribution in [1.82, 2.24) is 0 Å². The molecule has 0 aliphatic carbocycles. The van der Waals surface area contributed by atoms with Gasteiger partial charge in [-0.3, -0.25) is 4.79 Å². The van der Waals surface area contributed by atoms with Gasteiger partial charge in [-0.2, -0.15) is 0 Å². The third-order valence-corrected chi connectivity index (χ3v) is 3.41. The molecule has 0 aliphatic rings. The minimum absolute atomic E-state index is 0.0268. The van der Waals surface area contributed by atoms with Crippen molar-refractivity contribution in [1.29, 1.82) is 0 Å². The maximum absolute atomic E-state index is 12.9. The molecule has 20 heavy (non-hydrogen) atoms. The van der Waals surface area contributed by atoms with E-state index in [-0.39, 0.29) is 18.2 Å². The number of aliphatic carboxylic acids is 1. The van der Waals surface area contributed by atoms with Gasteiger partial charge in [0.2, 0.25) is 0 Å². The quantitative estimate of drug-likeness (QED) is 0.893. The standard InChI is InChI=1S/C16H14ClFO2/c17-14-5-3-12(4-6-14)13(10-16(19)20)9-11-1-7-15(18)8-2-11/h1-8,13H,9-10H2,(H,19,20)/t13-/m1/s1. The van der Waals surface area contributed by atoms with Gasteiger partial charge in [0.1, 0.15) is 5.82 Å². The van der Waals surface area contributed by atoms with Crippen LogP contribution < -0.4 is 0 Å². The van der Waals surface area contributed by atoms with Crippen LogP contribution in [0.1, 0.15) is 23.5 Å². The van der Waals surface area contributed by atoms with Gasteiger partial charge in [-0.1, -0.05) is 35.9 Å². The molecule has 0 spiro atoms. The summed E-state index contributed by atoms with van der Waals surface area (Å²) < 4.78 is 12.9. The van der Waals surface area contributed by atoms with Crippen LogP contribution in [0.5, 0.6) is 0 Å². The van der Waals surface area contributed by atoms with E-state index < -0.39 is 5.97 Å². The number of rotatable bonds is 5. The fourth-order valence-electron chi connectivity index (χ4n) is 2.16. The smallest absolute Gasteiger partial charge is 0.303 e. The topological polar surface area (TPSA) is 37.3 Å². The normalized spacial score (nSPS) is 12.1. The summed E-state index contributed by atoms with van der Waals surface area (Å²) in [5.74, 6) is -1.31. The maximum atomic E-state index is 12.9. The van der Waals surface area contributed by atoms with Crippen LogP contribution in [-0.4, -0.2) is 11.1 Å². The Bertz CT molecular complexity index is 578. The molecule has 0 fully saturated rings. The Labute approximate surface area is 121 Å². The zero-order chi connectivity index (χ0) is 14.5. The Morgan fingerprint density at radius 1 is 1.10 bits per heavy atom. The van der Waals surface area contributed by atoms with E-state index in [1.54, 1.807) is 24.3 Å². The van der Waals surface area contributed by atoms with Gasteiger partial charge in [0, 0.05) is 5.02 Å². The Kier molecular flexibility index (Phi) is 4.74. The third kappa shape index (κ3) is 4.07. The SMILES string of the molecule is O=C(O)C[C@@H](Cc1ccc(F)cc1)c1ccc(Cl)cc1. The van der Waals surface area contributed by atoms with E-state index >= 15 is 0 Å². The molecule has 0 heterocycles. The van der Waals surface area contributed by atoms with E-state index in [2.05, 4.69) is 0 Å². The van der Waals surface area contributed by atoms with Crippen molar-refractivity contribution < 1.29 is 14.3 Å². The first-order valence-corrected chi connectivity index (χ1v) is 6.64. The molecular formula is C16H14ClFO2. The van der Waals surface area contributed by atoms with Gasteiger partial charge in [-0.15, -0.1) is 0 Å². The molecule has 0 radical (unpaired) electrons. The first kappa shape index (κ1) is 14.5. The van der Waals surface area contributed by atoms with Crippen LogP contribution in [0.25, 0.3) is 0 Å². The van der Waals surface area contributed by atoms with Crippen LogP contribution in [0.3, 0.4) is 0 Å². The van der Waals surface area contributed by atoms with Crippen LogP contribution in [0.2, 0.25) is 5.02 Å². The molecule has 1 atom stereocenters. The number of benzene rings is 2. The zero-order valence-corrected chi connectivity index (χ0v) is 11.5. The highest BCUT2D eigenvalue weighted by atomic mass is 35.5. The molecule has 0 unspecified atom stereocenters. The molecule has 2 aromatic carbocycles. The van der Waals surface area contributed by atoms with Gasteiger partial charge in [-0.05, 0) is 47.7 Å². The second kappa shape index (κ2) is 6.53. The van der Waals surface area contributed by atoms with Crippen molar-refractivity contribution in [3.8, 4) is 0 Å². The number of hydrogen-bond donors (Lipinski definition) is 1. The van der Waals surface area contributed by atoms with Gasteiger partial charge < -0.3 is 5.11 Å². The molecule has 2 rings (SSSR count). The summed E-state index contributed by atoms with van der Waals surface area (Å²) in [6, 6.07) is 13.3. The van der Waals surface area contributed by atoms with Gasteiger partial charge in [0.15, 0.2) is 0 Å². The van der Waals surface area contributed by atoms with E-state index in [9.17, 15) is 9.18 Å². The molecule has 1 N–H and O–H groups in total. The summed E-state index contributed by atoms with van der Waals surface area (Å²) in [7, 11) is 0. The van der Waals surface area contributed by atoms with Crippen LogP contribution in [0.4, 0.5) is 4.39 Å². The zero-order valence-electron chi connectivity index (χ0n) is 10.7. The number of carbonyl (C=O) groups is 1. The van der Waals surface area contributed by atoms with Crippen LogP contribution in [0, 0.1) is 5.82 Å². The molecule has 0 aliphatic heterocycles. The predicted octanol–water partition coefficient (Wildman–Crippen LogP) is 4.28. The molecule has 0 amide bonds. The molecule has 0 bridgehead atoms. The summed E-state index contributed by atoms with van der Waals surface area (Å²) in [5, 5.41) is 9.65. The molecule has 0 saturated heterocycles. The fraction of sp³-hybridized carbons (Fsp3) is 0.188. The summed E-state index contributed by atoms with van der Waals surface area (Å²) >= 11 is 5.84. The number of halogens is 2. The van der Waals surface area contributed by atoms with Crippen LogP contribution >= 0.6 is 11.6 Å². The Balaban J connectivity index is 2.21. The van der Waals surface area contributed by atoms with Gasteiger partial charge in [0.05, 0.1) is 6.42 Å². The largest absolute Gasteiger partial charge is 0.481 e. The molecule has 0 saturated carbocycles. The molecule has 4 heteroatoms. The first-order valence-electron chi connectivity index (χ1n) is 6.26. The number of carboxylic acids is 1. The van der Waals surface area contributed by atoms with Crippen LogP contribution in [-0.2, 0) is 11.2 Å². The number of carboxylic acid groups (broad SMARTS) is 1. The highest BCUT2D eigenvalue weighted by Gasteiger charge is 2.16. The lowest BCUT2D eigenvalue weighted by molar-refractivity contribution is -0.137. The van der Waals surface area contributed by atoms with Crippen molar-refractivity contribution in [2.75, 3.05) is 0 Å². The summed E-state index contributed by atoms with van der Waals surface area (Å²) in [6.45, 7) is 0. The van der Waals surface area contributed by atoms with Gasteiger partial charge >= 0.3 is 5.97 Å². The van der Waals surface area contributed by atoms with E-state index in [0.29, 0.717) is 11.4 Å². The first-order chi connectivity index (χ1) is 9.54. The second-order valence-corrected chi connectivity index (χ2v) is 5.11.